The van der Waals surface area contributed by atoms with Crippen LogP contribution >= 0.6 is 11.6 Å². The maximum atomic E-state index is 11.8. The zero-order valence-electron chi connectivity index (χ0n) is 13.1. The SMILES string of the molecule is CC(C)(C)OC(=O)N[C@@H](Cc1c[nH]c2cccc(Cl)c12)C(=O)O. The molecule has 7 heteroatoms. The molecule has 1 aromatic carbocycles. The van der Waals surface area contributed by atoms with Crippen molar-refractivity contribution >= 4 is 34.6 Å². The molecule has 124 valence electrons. The summed E-state index contributed by atoms with van der Waals surface area (Å²) in [7, 11) is 0. The molecule has 6 nitrogen and oxygen atoms in total. The predicted molar refractivity (Wildman–Crippen MR) is 87.8 cm³/mol. The third-order valence-corrected chi connectivity index (χ3v) is 3.46. The van der Waals surface area contributed by atoms with Gasteiger partial charge in [-0.2, -0.15) is 0 Å². The molecule has 0 saturated carbocycles. The number of carbonyl (C=O) groups is 2. The number of halogens is 1. The quantitative estimate of drug-likeness (QED) is 0.797. The van der Waals surface area contributed by atoms with Crippen LogP contribution in [0.4, 0.5) is 4.79 Å². The van der Waals surface area contributed by atoms with E-state index in [0.717, 1.165) is 10.9 Å². The molecule has 0 spiro atoms. The zero-order chi connectivity index (χ0) is 17.2. The van der Waals surface area contributed by atoms with E-state index in [9.17, 15) is 14.7 Å². The van der Waals surface area contributed by atoms with Gasteiger partial charge in [0.2, 0.25) is 0 Å². The lowest BCUT2D eigenvalue weighted by molar-refractivity contribution is -0.139. The number of fused-ring (bicyclic) bond motifs is 1. The Hall–Kier alpha value is -2.21. The van der Waals surface area contributed by atoms with Gasteiger partial charge in [0.15, 0.2) is 0 Å². The number of alkyl carbamates (subject to hydrolysis) is 1. The molecule has 2 aromatic rings. The number of ether oxygens (including phenoxy) is 1. The Labute approximate surface area is 138 Å². The van der Waals surface area contributed by atoms with Crippen molar-refractivity contribution in [2.45, 2.75) is 38.8 Å². The molecule has 1 aromatic heterocycles. The van der Waals surface area contributed by atoms with Gasteiger partial charge in [-0.15, -0.1) is 0 Å². The van der Waals surface area contributed by atoms with Gasteiger partial charge in [-0.1, -0.05) is 17.7 Å². The topological polar surface area (TPSA) is 91.4 Å². The van der Waals surface area contributed by atoms with Gasteiger partial charge in [0, 0.05) is 23.5 Å². The molecule has 0 radical (unpaired) electrons. The Kier molecular flexibility index (Phi) is 4.85. The number of hydrogen-bond donors (Lipinski definition) is 3. The van der Waals surface area contributed by atoms with Gasteiger partial charge in [0.05, 0.1) is 5.02 Å². The molecule has 0 bridgehead atoms. The summed E-state index contributed by atoms with van der Waals surface area (Å²) in [5.41, 5.74) is 0.833. The Morgan fingerprint density at radius 2 is 2.09 bits per heavy atom. The van der Waals surface area contributed by atoms with Gasteiger partial charge >= 0.3 is 12.1 Å². The fourth-order valence-electron chi connectivity index (χ4n) is 2.24. The second kappa shape index (κ2) is 6.50. The third-order valence-electron chi connectivity index (χ3n) is 3.15. The van der Waals surface area contributed by atoms with E-state index in [0.29, 0.717) is 10.6 Å². The first-order valence-corrected chi connectivity index (χ1v) is 7.52. The van der Waals surface area contributed by atoms with Gasteiger partial charge in [-0.25, -0.2) is 9.59 Å². The number of nitrogens with one attached hydrogen (secondary N) is 2. The average molecular weight is 339 g/mol. The summed E-state index contributed by atoms with van der Waals surface area (Å²) in [5, 5.41) is 13.0. The Balaban J connectivity index is 2.19. The van der Waals surface area contributed by atoms with E-state index in [1.165, 1.54) is 0 Å². The molecule has 1 atom stereocenters. The van der Waals surface area contributed by atoms with Crippen LogP contribution in [0.25, 0.3) is 10.9 Å². The maximum Gasteiger partial charge on any atom is 0.408 e. The number of rotatable bonds is 4. The molecule has 0 aliphatic rings. The molecular weight excluding hydrogens is 320 g/mol. The Morgan fingerprint density at radius 1 is 1.39 bits per heavy atom. The van der Waals surface area contributed by atoms with Crippen LogP contribution in [-0.2, 0) is 16.0 Å². The lowest BCUT2D eigenvalue weighted by Gasteiger charge is -2.22. The van der Waals surface area contributed by atoms with Crippen LogP contribution in [0.15, 0.2) is 24.4 Å². The summed E-state index contributed by atoms with van der Waals surface area (Å²) >= 11 is 6.18. The molecule has 23 heavy (non-hydrogen) atoms. The first kappa shape index (κ1) is 17.1. The summed E-state index contributed by atoms with van der Waals surface area (Å²) < 4.78 is 5.10. The van der Waals surface area contributed by atoms with E-state index >= 15 is 0 Å². The van der Waals surface area contributed by atoms with Gasteiger partial charge in [0.25, 0.3) is 0 Å². The number of H-pyrrole nitrogens is 1. The van der Waals surface area contributed by atoms with E-state index in [-0.39, 0.29) is 6.42 Å². The van der Waals surface area contributed by atoms with E-state index in [1.807, 2.05) is 6.07 Å². The predicted octanol–water partition coefficient (Wildman–Crippen LogP) is 3.34. The number of carbonyl (C=O) groups excluding carboxylic acids is 1. The standard InChI is InChI=1S/C16H19ClN2O4/c1-16(2,3)23-15(22)19-12(14(20)21)7-9-8-18-11-6-4-5-10(17)13(9)11/h4-6,8,12,18H,7H2,1-3H3,(H,19,22)(H,20,21)/t12-/m0/s1. The van der Waals surface area contributed by atoms with E-state index in [4.69, 9.17) is 16.3 Å². The maximum absolute atomic E-state index is 11.8. The molecule has 0 fully saturated rings. The molecule has 1 heterocycles. The van der Waals surface area contributed by atoms with Gasteiger partial charge in [-0.05, 0) is 38.5 Å². The number of aromatic amines is 1. The second-order valence-electron chi connectivity index (χ2n) is 6.22. The van der Waals surface area contributed by atoms with Crippen molar-refractivity contribution in [2.75, 3.05) is 0 Å². The number of benzene rings is 1. The van der Waals surface area contributed by atoms with Crippen molar-refractivity contribution in [3.8, 4) is 0 Å². The normalized spacial score (nSPS) is 12.9. The van der Waals surface area contributed by atoms with Gasteiger partial charge in [0.1, 0.15) is 11.6 Å². The molecule has 2 rings (SSSR count). The van der Waals surface area contributed by atoms with Gasteiger partial charge < -0.3 is 20.1 Å². The number of carboxylic acid groups (broad SMARTS) is 1. The number of hydrogen-bond acceptors (Lipinski definition) is 3. The zero-order valence-corrected chi connectivity index (χ0v) is 13.9. The number of carboxylic acids is 1. The molecule has 0 saturated heterocycles. The first-order chi connectivity index (χ1) is 10.7. The highest BCUT2D eigenvalue weighted by atomic mass is 35.5. The lowest BCUT2D eigenvalue weighted by atomic mass is 10.1. The summed E-state index contributed by atoms with van der Waals surface area (Å²) in [6.45, 7) is 5.13. The molecule has 0 aliphatic heterocycles. The highest BCUT2D eigenvalue weighted by Crippen LogP contribution is 2.27. The van der Waals surface area contributed by atoms with Crippen LogP contribution in [0.2, 0.25) is 5.02 Å². The molecule has 0 aliphatic carbocycles. The summed E-state index contributed by atoms with van der Waals surface area (Å²) in [5.74, 6) is -1.14. The highest BCUT2D eigenvalue weighted by Gasteiger charge is 2.25. The number of aliphatic carboxylic acids is 1. The Morgan fingerprint density at radius 3 is 2.70 bits per heavy atom. The minimum absolute atomic E-state index is 0.0955. The van der Waals surface area contributed by atoms with Crippen LogP contribution < -0.4 is 5.32 Å². The van der Waals surface area contributed by atoms with Crippen molar-refractivity contribution in [1.82, 2.24) is 10.3 Å². The lowest BCUT2D eigenvalue weighted by Crippen LogP contribution is -2.44. The molecule has 3 N–H and O–H groups in total. The van der Waals surface area contributed by atoms with E-state index < -0.39 is 23.7 Å². The minimum Gasteiger partial charge on any atom is -0.480 e. The fraction of sp³-hybridized carbons (Fsp3) is 0.375. The van der Waals surface area contributed by atoms with Crippen LogP contribution in [0.1, 0.15) is 26.3 Å². The smallest absolute Gasteiger partial charge is 0.408 e. The fourth-order valence-corrected chi connectivity index (χ4v) is 2.53. The highest BCUT2D eigenvalue weighted by molar-refractivity contribution is 6.35. The van der Waals surface area contributed by atoms with Crippen LogP contribution in [0.3, 0.4) is 0 Å². The number of aromatic nitrogens is 1. The van der Waals surface area contributed by atoms with Crippen LogP contribution in [-0.4, -0.2) is 33.8 Å². The van der Waals surface area contributed by atoms with Gasteiger partial charge in [-0.3, -0.25) is 0 Å². The minimum atomic E-state index is -1.14. The Bertz CT molecular complexity index is 733. The van der Waals surface area contributed by atoms with Crippen LogP contribution in [0, 0.1) is 0 Å². The molecule has 1 amide bonds. The van der Waals surface area contributed by atoms with Crippen LogP contribution in [0.5, 0.6) is 0 Å². The van der Waals surface area contributed by atoms with Crippen molar-refractivity contribution in [1.29, 1.82) is 0 Å². The first-order valence-electron chi connectivity index (χ1n) is 7.14. The molecular formula is C16H19ClN2O4. The molecule has 0 unspecified atom stereocenters. The van der Waals surface area contributed by atoms with Crippen molar-refractivity contribution in [3.05, 3.63) is 35.0 Å². The summed E-state index contributed by atoms with van der Waals surface area (Å²) in [6.07, 6.45) is 1.03. The van der Waals surface area contributed by atoms with E-state index in [1.54, 1.807) is 39.1 Å². The second-order valence-corrected chi connectivity index (χ2v) is 6.62. The third kappa shape index (κ3) is 4.39. The van der Waals surface area contributed by atoms with Crippen molar-refractivity contribution in [2.24, 2.45) is 0 Å². The van der Waals surface area contributed by atoms with E-state index in [2.05, 4.69) is 10.3 Å². The summed E-state index contributed by atoms with van der Waals surface area (Å²) in [4.78, 5) is 26.3. The monoisotopic (exact) mass is 338 g/mol. The number of amides is 1. The largest absolute Gasteiger partial charge is 0.480 e. The van der Waals surface area contributed by atoms with Crippen molar-refractivity contribution < 1.29 is 19.4 Å². The van der Waals surface area contributed by atoms with Crippen molar-refractivity contribution in [3.63, 3.8) is 0 Å². The average Bonchev–Trinajstić information content (AvgIpc) is 2.80. The summed E-state index contributed by atoms with van der Waals surface area (Å²) in [6, 6.07) is 4.28.